The minimum absolute atomic E-state index is 0.00373. The van der Waals surface area contributed by atoms with Crippen LogP contribution in [0.15, 0.2) is 24.3 Å². The molecular formula is C13H18N2O2S. The molecule has 0 aromatic heterocycles. The summed E-state index contributed by atoms with van der Waals surface area (Å²) in [6, 6.07) is 7.12. The van der Waals surface area contributed by atoms with Gasteiger partial charge in [0.05, 0.1) is 0 Å². The van der Waals surface area contributed by atoms with Gasteiger partial charge in [0.2, 0.25) is 11.8 Å². The van der Waals surface area contributed by atoms with Crippen molar-refractivity contribution in [3.8, 4) is 0 Å². The zero-order valence-electron chi connectivity index (χ0n) is 10.7. The van der Waals surface area contributed by atoms with Gasteiger partial charge in [-0.2, -0.15) is 11.8 Å². The van der Waals surface area contributed by atoms with Gasteiger partial charge in [-0.15, -0.1) is 0 Å². The fourth-order valence-electron chi connectivity index (χ4n) is 1.48. The van der Waals surface area contributed by atoms with E-state index in [1.165, 1.54) is 6.92 Å². The van der Waals surface area contributed by atoms with Crippen molar-refractivity contribution in [3.63, 3.8) is 0 Å². The molecule has 0 atom stereocenters. The molecule has 0 spiro atoms. The summed E-state index contributed by atoms with van der Waals surface area (Å²) in [5.41, 5.74) is 1.39. The van der Waals surface area contributed by atoms with Crippen molar-refractivity contribution in [2.45, 2.75) is 19.8 Å². The maximum absolute atomic E-state index is 11.6. The van der Waals surface area contributed by atoms with Crippen LogP contribution in [0.5, 0.6) is 0 Å². The van der Waals surface area contributed by atoms with Gasteiger partial charge in [-0.25, -0.2) is 0 Å². The van der Waals surface area contributed by atoms with Crippen molar-refractivity contribution in [3.05, 3.63) is 24.3 Å². The molecule has 2 N–H and O–H groups in total. The first kappa shape index (κ1) is 14.6. The maximum atomic E-state index is 11.6. The second kappa shape index (κ2) is 7.76. The van der Waals surface area contributed by atoms with E-state index in [0.717, 1.165) is 12.2 Å². The number of anilines is 2. The lowest BCUT2D eigenvalue weighted by Crippen LogP contribution is -2.12. The Hall–Kier alpha value is -1.49. The summed E-state index contributed by atoms with van der Waals surface area (Å²) in [4.78, 5) is 22.5. The number of hydrogen-bond donors (Lipinski definition) is 2. The molecule has 0 unspecified atom stereocenters. The van der Waals surface area contributed by atoms with Gasteiger partial charge < -0.3 is 10.6 Å². The first-order valence-corrected chi connectivity index (χ1v) is 7.17. The molecule has 4 nitrogen and oxygen atoms in total. The van der Waals surface area contributed by atoms with Gasteiger partial charge in [0.15, 0.2) is 0 Å². The van der Waals surface area contributed by atoms with E-state index in [2.05, 4.69) is 10.6 Å². The van der Waals surface area contributed by atoms with Crippen molar-refractivity contribution in [2.75, 3.05) is 22.6 Å². The summed E-state index contributed by atoms with van der Waals surface area (Å²) in [6.45, 7) is 1.45. The van der Waals surface area contributed by atoms with Crippen LogP contribution in [-0.2, 0) is 9.59 Å². The number of rotatable bonds is 6. The molecule has 2 amide bonds. The Morgan fingerprint density at radius 3 is 2.50 bits per heavy atom. The monoisotopic (exact) mass is 266 g/mol. The van der Waals surface area contributed by atoms with Crippen molar-refractivity contribution in [2.24, 2.45) is 0 Å². The van der Waals surface area contributed by atoms with Gasteiger partial charge in [-0.1, -0.05) is 6.07 Å². The van der Waals surface area contributed by atoms with Crippen molar-refractivity contribution < 1.29 is 9.59 Å². The Morgan fingerprint density at radius 1 is 1.22 bits per heavy atom. The van der Waals surface area contributed by atoms with E-state index in [0.29, 0.717) is 17.8 Å². The molecule has 0 bridgehead atoms. The average molecular weight is 266 g/mol. The van der Waals surface area contributed by atoms with Gasteiger partial charge in [0.25, 0.3) is 0 Å². The van der Waals surface area contributed by atoms with Gasteiger partial charge in [-0.05, 0) is 36.6 Å². The van der Waals surface area contributed by atoms with E-state index in [-0.39, 0.29) is 11.8 Å². The molecule has 0 saturated carbocycles. The molecule has 1 rings (SSSR count). The largest absolute Gasteiger partial charge is 0.326 e. The normalized spacial score (nSPS) is 9.89. The predicted octanol–water partition coefficient (Wildman–Crippen LogP) is 2.73. The number of thioether (sulfide) groups is 1. The minimum Gasteiger partial charge on any atom is -0.326 e. The Morgan fingerprint density at radius 2 is 1.89 bits per heavy atom. The van der Waals surface area contributed by atoms with Gasteiger partial charge >= 0.3 is 0 Å². The van der Waals surface area contributed by atoms with E-state index >= 15 is 0 Å². The molecule has 0 heterocycles. The van der Waals surface area contributed by atoms with Crippen LogP contribution in [-0.4, -0.2) is 23.8 Å². The van der Waals surface area contributed by atoms with E-state index in [4.69, 9.17) is 0 Å². The summed E-state index contributed by atoms with van der Waals surface area (Å²) in [5.74, 6) is 0.863. The number of carbonyl (C=O) groups excluding carboxylic acids is 2. The highest BCUT2D eigenvalue weighted by Gasteiger charge is 2.03. The van der Waals surface area contributed by atoms with E-state index < -0.39 is 0 Å². The van der Waals surface area contributed by atoms with E-state index in [1.54, 1.807) is 36.0 Å². The van der Waals surface area contributed by atoms with Crippen molar-refractivity contribution in [1.82, 2.24) is 0 Å². The second-order valence-electron chi connectivity index (χ2n) is 3.91. The topological polar surface area (TPSA) is 58.2 Å². The van der Waals surface area contributed by atoms with E-state index in [1.807, 2.05) is 6.26 Å². The van der Waals surface area contributed by atoms with Gasteiger partial charge in [0.1, 0.15) is 0 Å². The van der Waals surface area contributed by atoms with E-state index in [9.17, 15) is 9.59 Å². The Balaban J connectivity index is 2.51. The molecule has 0 aliphatic rings. The first-order chi connectivity index (χ1) is 8.61. The molecule has 0 aliphatic carbocycles. The fraction of sp³-hybridized carbons (Fsp3) is 0.385. The maximum Gasteiger partial charge on any atom is 0.224 e. The summed E-state index contributed by atoms with van der Waals surface area (Å²) in [5, 5.41) is 5.49. The van der Waals surface area contributed by atoms with Crippen LogP contribution in [0.1, 0.15) is 19.8 Å². The predicted molar refractivity (Wildman–Crippen MR) is 77.0 cm³/mol. The molecule has 5 heteroatoms. The third kappa shape index (κ3) is 5.72. The Labute approximate surface area is 112 Å². The summed E-state index contributed by atoms with van der Waals surface area (Å²) in [6.07, 6.45) is 3.42. The lowest BCUT2D eigenvalue weighted by molar-refractivity contribution is -0.116. The zero-order valence-corrected chi connectivity index (χ0v) is 11.5. The lowest BCUT2D eigenvalue weighted by Gasteiger charge is -2.07. The number of carbonyl (C=O) groups is 2. The average Bonchev–Trinajstić information content (AvgIpc) is 2.28. The minimum atomic E-state index is -0.126. The number of benzene rings is 1. The summed E-state index contributed by atoms with van der Waals surface area (Å²) < 4.78 is 0. The molecule has 0 radical (unpaired) electrons. The Bertz CT molecular complexity index is 421. The third-order valence-electron chi connectivity index (χ3n) is 2.22. The Kier molecular flexibility index (Phi) is 6.28. The highest BCUT2D eigenvalue weighted by atomic mass is 32.2. The lowest BCUT2D eigenvalue weighted by atomic mass is 10.2. The number of nitrogens with one attached hydrogen (secondary N) is 2. The number of amides is 2. The molecule has 0 saturated heterocycles. The highest BCUT2D eigenvalue weighted by molar-refractivity contribution is 7.98. The van der Waals surface area contributed by atoms with Crippen LogP contribution < -0.4 is 10.6 Å². The quantitative estimate of drug-likeness (QED) is 0.778. The first-order valence-electron chi connectivity index (χ1n) is 5.78. The number of hydrogen-bond acceptors (Lipinski definition) is 3. The molecular weight excluding hydrogens is 248 g/mol. The van der Waals surface area contributed by atoms with Gasteiger partial charge in [-0.3, -0.25) is 9.59 Å². The highest BCUT2D eigenvalue weighted by Crippen LogP contribution is 2.15. The van der Waals surface area contributed by atoms with Crippen LogP contribution in [0.3, 0.4) is 0 Å². The van der Waals surface area contributed by atoms with Crippen molar-refractivity contribution >= 4 is 35.0 Å². The molecule has 0 aliphatic heterocycles. The standard InChI is InChI=1S/C13H18N2O2S/c1-10(16)14-11-5-3-6-12(9-11)15-13(17)7-4-8-18-2/h3,5-6,9H,4,7-8H2,1-2H3,(H,14,16)(H,15,17). The third-order valence-corrected chi connectivity index (χ3v) is 2.92. The molecule has 0 fully saturated rings. The van der Waals surface area contributed by atoms with Crippen LogP contribution in [0.2, 0.25) is 0 Å². The van der Waals surface area contributed by atoms with Gasteiger partial charge in [0, 0.05) is 24.7 Å². The van der Waals surface area contributed by atoms with Crippen LogP contribution in [0.25, 0.3) is 0 Å². The van der Waals surface area contributed by atoms with Crippen LogP contribution in [0.4, 0.5) is 11.4 Å². The molecule has 98 valence electrons. The fourth-order valence-corrected chi connectivity index (χ4v) is 1.91. The molecule has 1 aromatic rings. The second-order valence-corrected chi connectivity index (χ2v) is 4.89. The summed E-state index contributed by atoms with van der Waals surface area (Å²) in [7, 11) is 0. The van der Waals surface area contributed by atoms with Crippen molar-refractivity contribution in [1.29, 1.82) is 0 Å². The molecule has 18 heavy (non-hydrogen) atoms. The van der Waals surface area contributed by atoms with Crippen LogP contribution >= 0.6 is 11.8 Å². The SMILES string of the molecule is CSCCCC(=O)Nc1cccc(NC(C)=O)c1. The smallest absolute Gasteiger partial charge is 0.224 e. The summed E-state index contributed by atoms with van der Waals surface area (Å²) >= 11 is 1.73. The molecule has 1 aromatic carbocycles. The van der Waals surface area contributed by atoms with Crippen LogP contribution in [0, 0.1) is 0 Å². The zero-order chi connectivity index (χ0) is 13.4.